The van der Waals surface area contributed by atoms with Gasteiger partial charge in [-0.1, -0.05) is 30.3 Å². The number of rotatable bonds is 7. The molecule has 3 aromatic rings. The van der Waals surface area contributed by atoms with Crippen molar-refractivity contribution < 1.29 is 23.5 Å². The summed E-state index contributed by atoms with van der Waals surface area (Å²) in [5.74, 6) is -0.774. The van der Waals surface area contributed by atoms with E-state index in [0.717, 1.165) is 16.7 Å². The first-order valence-corrected chi connectivity index (χ1v) is 11.3. The van der Waals surface area contributed by atoms with E-state index in [4.69, 9.17) is 4.74 Å². The Bertz CT molecular complexity index is 1350. The molecule has 0 spiro atoms. The minimum atomic E-state index is -0.425. The van der Waals surface area contributed by atoms with E-state index in [1.54, 1.807) is 54.6 Å². The van der Waals surface area contributed by atoms with Gasteiger partial charge in [0.15, 0.2) is 6.61 Å². The van der Waals surface area contributed by atoms with Crippen molar-refractivity contribution in [2.75, 3.05) is 11.9 Å². The van der Waals surface area contributed by atoms with Gasteiger partial charge >= 0.3 is 0 Å². The highest BCUT2D eigenvalue weighted by atomic mass is 32.2. The van der Waals surface area contributed by atoms with Crippen LogP contribution in [-0.2, 0) is 16.1 Å². The first-order chi connectivity index (χ1) is 16.9. The molecule has 1 heterocycles. The molecule has 0 aromatic heterocycles. The topological polar surface area (TPSA) is 99.5 Å². The molecule has 0 aliphatic carbocycles. The fourth-order valence-electron chi connectivity index (χ4n) is 3.26. The van der Waals surface area contributed by atoms with Gasteiger partial charge in [0.2, 0.25) is 0 Å². The third-order valence-corrected chi connectivity index (χ3v) is 5.92. The summed E-state index contributed by atoms with van der Waals surface area (Å²) in [4.78, 5) is 38.6. The van der Waals surface area contributed by atoms with Crippen LogP contribution in [0.25, 0.3) is 6.08 Å². The van der Waals surface area contributed by atoms with Crippen LogP contribution in [0.5, 0.6) is 5.75 Å². The normalized spacial score (nSPS) is 14.2. The van der Waals surface area contributed by atoms with Gasteiger partial charge < -0.3 is 10.1 Å². The Kier molecular flexibility index (Phi) is 7.24. The highest BCUT2D eigenvalue weighted by molar-refractivity contribution is 8.18. The monoisotopic (exact) mass is 487 g/mol. The van der Waals surface area contributed by atoms with Crippen LogP contribution in [0.15, 0.2) is 77.7 Å². The third kappa shape index (κ3) is 5.93. The number of amides is 3. The summed E-state index contributed by atoms with van der Waals surface area (Å²) in [6, 6.07) is 21.0. The number of thioether (sulfide) groups is 1. The molecule has 174 valence electrons. The molecular formula is C26H18FN3O4S. The zero-order valence-electron chi connectivity index (χ0n) is 18.2. The molecule has 0 unspecified atom stereocenters. The average molecular weight is 488 g/mol. The number of anilines is 1. The number of imide groups is 1. The summed E-state index contributed by atoms with van der Waals surface area (Å²) >= 11 is 0.837. The molecule has 0 radical (unpaired) electrons. The number of ether oxygens (including phenoxy) is 1. The number of benzene rings is 3. The maximum Gasteiger partial charge on any atom is 0.293 e. The fourth-order valence-corrected chi connectivity index (χ4v) is 4.10. The maximum atomic E-state index is 12.9. The van der Waals surface area contributed by atoms with Crippen LogP contribution in [0, 0.1) is 17.1 Å². The van der Waals surface area contributed by atoms with Gasteiger partial charge in [0.25, 0.3) is 17.1 Å². The molecule has 1 N–H and O–H groups in total. The van der Waals surface area contributed by atoms with Crippen molar-refractivity contribution in [1.29, 1.82) is 5.26 Å². The van der Waals surface area contributed by atoms with Gasteiger partial charge in [0.05, 0.1) is 23.1 Å². The average Bonchev–Trinajstić information content (AvgIpc) is 3.12. The largest absolute Gasteiger partial charge is 0.484 e. The molecule has 9 heteroatoms. The van der Waals surface area contributed by atoms with Gasteiger partial charge in [-0.2, -0.15) is 5.26 Å². The molecular weight excluding hydrogens is 469 g/mol. The van der Waals surface area contributed by atoms with Crippen molar-refractivity contribution in [3.05, 3.63) is 100 Å². The molecule has 3 amide bonds. The molecule has 0 bridgehead atoms. The molecule has 1 saturated heterocycles. The minimum Gasteiger partial charge on any atom is -0.484 e. The van der Waals surface area contributed by atoms with Crippen molar-refractivity contribution in [1.82, 2.24) is 4.90 Å². The Morgan fingerprint density at radius 2 is 1.77 bits per heavy atom. The molecule has 1 aliphatic heterocycles. The van der Waals surface area contributed by atoms with E-state index < -0.39 is 22.9 Å². The molecule has 1 aliphatic rings. The van der Waals surface area contributed by atoms with Crippen molar-refractivity contribution in [3.63, 3.8) is 0 Å². The van der Waals surface area contributed by atoms with Gasteiger partial charge in [-0.25, -0.2) is 4.39 Å². The smallest absolute Gasteiger partial charge is 0.293 e. The highest BCUT2D eigenvalue weighted by Gasteiger charge is 2.35. The molecule has 0 saturated carbocycles. The fraction of sp³-hybridized carbons (Fsp3) is 0.0769. The van der Waals surface area contributed by atoms with E-state index in [2.05, 4.69) is 11.4 Å². The van der Waals surface area contributed by atoms with Crippen LogP contribution in [0.3, 0.4) is 0 Å². The Morgan fingerprint density at radius 3 is 2.49 bits per heavy atom. The molecule has 4 rings (SSSR count). The summed E-state index contributed by atoms with van der Waals surface area (Å²) in [5.41, 5.74) is 2.15. The van der Waals surface area contributed by atoms with Crippen molar-refractivity contribution in [2.24, 2.45) is 0 Å². The molecule has 35 heavy (non-hydrogen) atoms. The van der Waals surface area contributed by atoms with E-state index in [1.807, 2.05) is 0 Å². The van der Waals surface area contributed by atoms with E-state index >= 15 is 0 Å². The maximum absolute atomic E-state index is 12.9. The lowest BCUT2D eigenvalue weighted by molar-refractivity contribution is -0.123. The van der Waals surface area contributed by atoms with Crippen LogP contribution in [0.4, 0.5) is 14.9 Å². The number of halogens is 1. The lowest BCUT2D eigenvalue weighted by Gasteiger charge is -2.13. The molecule has 3 aromatic carbocycles. The number of carbonyl (C=O) groups excluding carboxylic acids is 3. The van der Waals surface area contributed by atoms with Crippen LogP contribution >= 0.6 is 11.8 Å². The van der Waals surface area contributed by atoms with Gasteiger partial charge in [-0.3, -0.25) is 19.3 Å². The van der Waals surface area contributed by atoms with Crippen LogP contribution in [-0.4, -0.2) is 28.6 Å². The number of hydrogen-bond donors (Lipinski definition) is 1. The highest BCUT2D eigenvalue weighted by Crippen LogP contribution is 2.33. The standard InChI is InChI=1S/C26H18FN3O4S/c27-20-7-9-21(10-8-20)29-24(31)16-34-22-11-5-17(6-12-22)13-23-25(32)30(26(33)35-23)15-19-4-2-1-3-18(19)14-28/h1-13H,15-16H2,(H,29,31)/b23-13+. The quantitative estimate of drug-likeness (QED) is 0.474. The number of nitrogens with zero attached hydrogens (tertiary/aromatic N) is 2. The third-order valence-electron chi connectivity index (χ3n) is 5.02. The van der Waals surface area contributed by atoms with E-state index in [0.29, 0.717) is 28.1 Å². The number of hydrogen-bond acceptors (Lipinski definition) is 6. The Balaban J connectivity index is 1.35. The van der Waals surface area contributed by atoms with Gasteiger partial charge in [0, 0.05) is 5.69 Å². The van der Waals surface area contributed by atoms with Crippen LogP contribution in [0.1, 0.15) is 16.7 Å². The molecule has 0 atom stereocenters. The zero-order chi connectivity index (χ0) is 24.8. The predicted molar refractivity (Wildman–Crippen MR) is 130 cm³/mol. The summed E-state index contributed by atoms with van der Waals surface area (Å²) in [5, 5.41) is 11.4. The molecule has 1 fully saturated rings. The second-order valence-electron chi connectivity index (χ2n) is 7.45. The Hall–Kier alpha value is -4.42. The Morgan fingerprint density at radius 1 is 1.06 bits per heavy atom. The number of carbonyl (C=O) groups is 3. The summed E-state index contributed by atoms with van der Waals surface area (Å²) in [6.07, 6.45) is 1.60. The predicted octanol–water partition coefficient (Wildman–Crippen LogP) is 4.95. The van der Waals surface area contributed by atoms with E-state index in [9.17, 15) is 24.0 Å². The van der Waals surface area contributed by atoms with Crippen LogP contribution in [0.2, 0.25) is 0 Å². The Labute approximate surface area is 204 Å². The first-order valence-electron chi connectivity index (χ1n) is 10.4. The van der Waals surface area contributed by atoms with E-state index in [-0.39, 0.29) is 18.1 Å². The lowest BCUT2D eigenvalue weighted by Crippen LogP contribution is -2.27. The number of nitriles is 1. The zero-order valence-corrected chi connectivity index (χ0v) is 19.0. The minimum absolute atomic E-state index is 0.0263. The van der Waals surface area contributed by atoms with Crippen molar-refractivity contribution >= 4 is 40.6 Å². The SMILES string of the molecule is N#Cc1ccccc1CN1C(=O)S/C(=C/c2ccc(OCC(=O)Nc3ccc(F)cc3)cc2)C1=O. The first kappa shape index (κ1) is 23.7. The van der Waals surface area contributed by atoms with Crippen molar-refractivity contribution in [2.45, 2.75) is 6.54 Å². The van der Waals surface area contributed by atoms with Gasteiger partial charge in [0.1, 0.15) is 11.6 Å². The van der Waals surface area contributed by atoms with E-state index in [1.165, 1.54) is 24.3 Å². The van der Waals surface area contributed by atoms with Crippen molar-refractivity contribution in [3.8, 4) is 11.8 Å². The second kappa shape index (κ2) is 10.7. The molecule has 7 nitrogen and oxygen atoms in total. The summed E-state index contributed by atoms with van der Waals surface area (Å²) in [6.45, 7) is -0.210. The summed E-state index contributed by atoms with van der Waals surface area (Å²) < 4.78 is 18.4. The number of nitrogens with one attached hydrogen (secondary N) is 1. The second-order valence-corrected chi connectivity index (χ2v) is 8.44. The van der Waals surface area contributed by atoms with Gasteiger partial charge in [-0.15, -0.1) is 0 Å². The van der Waals surface area contributed by atoms with Gasteiger partial charge in [-0.05, 0) is 71.4 Å². The summed E-state index contributed by atoms with van der Waals surface area (Å²) in [7, 11) is 0. The lowest BCUT2D eigenvalue weighted by atomic mass is 10.1. The van der Waals surface area contributed by atoms with Crippen LogP contribution < -0.4 is 10.1 Å².